The van der Waals surface area contributed by atoms with E-state index in [0.717, 1.165) is 33.3 Å². The smallest absolute Gasteiger partial charge is 0.0995 e. The molecule has 11 aromatic rings. The highest BCUT2D eigenvalue weighted by Gasteiger charge is 2.48. The molecule has 64 heavy (non-hydrogen) atoms. The summed E-state index contributed by atoms with van der Waals surface area (Å²) in [6.07, 6.45) is 0. The summed E-state index contributed by atoms with van der Waals surface area (Å²) >= 11 is 0. The van der Waals surface area contributed by atoms with Gasteiger partial charge in [-0.3, -0.25) is 0 Å². The third-order valence-corrected chi connectivity index (χ3v) is 16.7. The lowest BCUT2D eigenvalue weighted by Crippen LogP contribution is -2.28. The second kappa shape index (κ2) is 11.0. The second-order valence-corrected chi connectivity index (χ2v) is 19.5. The summed E-state index contributed by atoms with van der Waals surface area (Å²) in [5.41, 5.74) is 25.2. The Hall–Kier alpha value is -7.98. The van der Waals surface area contributed by atoms with Crippen LogP contribution < -0.4 is 0 Å². The molecule has 3 heteroatoms. The van der Waals surface area contributed by atoms with Gasteiger partial charge >= 0.3 is 0 Å². The number of aromatic nitrogens is 1. The Kier molecular flexibility index (Phi) is 5.76. The number of hydrogen-bond donors (Lipinski definition) is 0. The Morgan fingerprint density at radius 1 is 0.453 bits per heavy atom. The van der Waals surface area contributed by atoms with Crippen molar-refractivity contribution in [3.8, 4) is 23.3 Å². The zero-order valence-corrected chi connectivity index (χ0v) is 35.1. The maximum atomic E-state index is 11.4. The number of benzene rings is 9. The molecule has 0 unspecified atom stereocenters. The number of nitrogens with zero attached hydrogens (tertiary/aromatic N) is 3. The molecule has 7 aliphatic rings. The van der Waals surface area contributed by atoms with Gasteiger partial charge in [-0.05, 0) is 118 Å². The highest BCUT2D eigenvalue weighted by molar-refractivity contribution is 6.31. The molecule has 0 saturated heterocycles. The fourth-order valence-corrected chi connectivity index (χ4v) is 14.5. The third-order valence-electron chi connectivity index (χ3n) is 16.7. The van der Waals surface area contributed by atoms with E-state index in [1.807, 2.05) is 0 Å². The summed E-state index contributed by atoms with van der Waals surface area (Å²) in [6.45, 7) is 4.86. The predicted octanol–water partition coefficient (Wildman–Crippen LogP) is 14.0. The minimum atomic E-state index is -0.316. The number of fused-ring (bicyclic) bond motifs is 12. The van der Waals surface area contributed by atoms with E-state index in [2.05, 4.69) is 182 Å². The summed E-state index contributed by atoms with van der Waals surface area (Å²) < 4.78 is 2.49. The minimum Gasteiger partial charge on any atom is -0.308 e. The maximum absolute atomic E-state index is 11.4. The van der Waals surface area contributed by atoms with Crippen LogP contribution in [0.25, 0.3) is 60.0 Å². The van der Waals surface area contributed by atoms with Gasteiger partial charge in [-0.25, -0.2) is 0 Å². The molecular formula is C61H35N3. The van der Waals surface area contributed by atoms with Gasteiger partial charge in [-0.15, -0.1) is 0 Å². The van der Waals surface area contributed by atoms with Crippen LogP contribution in [-0.2, 0) is 5.41 Å². The van der Waals surface area contributed by atoms with Crippen LogP contribution in [0.1, 0.15) is 127 Å². The van der Waals surface area contributed by atoms with Crippen molar-refractivity contribution in [3.05, 3.63) is 241 Å². The first-order valence-electron chi connectivity index (χ1n) is 22.6. The molecule has 0 radical (unpaired) electrons. The van der Waals surface area contributed by atoms with Gasteiger partial charge < -0.3 is 4.40 Å². The SMILES string of the molecule is CC1(C)c2cc3c4c5c(c(C#N)cc4n4c6cc(C#N)c7c(c6c(c2-c2ccc6ccccc6c21)c34)C1c2ccccc2C7c2ccccc21)C1c2ccccc2C5c2ccccc21. The average molecular weight is 810 g/mol. The summed E-state index contributed by atoms with van der Waals surface area (Å²) in [6, 6.07) is 61.9. The molecule has 18 rings (SSSR count). The summed E-state index contributed by atoms with van der Waals surface area (Å²) in [4.78, 5) is 0. The van der Waals surface area contributed by atoms with Gasteiger partial charge in [-0.1, -0.05) is 147 Å². The molecule has 3 nitrogen and oxygen atoms in total. The summed E-state index contributed by atoms with van der Waals surface area (Å²) in [7, 11) is 0. The van der Waals surface area contributed by atoms with Crippen molar-refractivity contribution in [3.63, 3.8) is 0 Å². The number of hydrogen-bond acceptors (Lipinski definition) is 2. The van der Waals surface area contributed by atoms with Crippen molar-refractivity contribution in [2.45, 2.75) is 42.9 Å². The van der Waals surface area contributed by atoms with Crippen molar-refractivity contribution in [1.29, 1.82) is 10.5 Å². The van der Waals surface area contributed by atoms with E-state index < -0.39 is 0 Å². The van der Waals surface area contributed by atoms with Gasteiger partial charge in [0, 0.05) is 50.6 Å². The van der Waals surface area contributed by atoms with Crippen molar-refractivity contribution in [2.24, 2.45) is 0 Å². The molecule has 2 heterocycles. The Morgan fingerprint density at radius 3 is 1.39 bits per heavy atom. The van der Waals surface area contributed by atoms with Crippen LogP contribution in [0.3, 0.4) is 0 Å². The maximum Gasteiger partial charge on any atom is 0.0995 e. The molecule has 0 saturated carbocycles. The first-order chi connectivity index (χ1) is 31.5. The molecular weight excluding hydrogens is 775 g/mol. The van der Waals surface area contributed by atoms with E-state index in [4.69, 9.17) is 0 Å². The molecule has 7 aliphatic carbocycles. The molecule has 0 aliphatic heterocycles. The van der Waals surface area contributed by atoms with Gasteiger partial charge in [0.05, 0.1) is 39.8 Å². The number of rotatable bonds is 0. The Bertz CT molecular complexity index is 4070. The van der Waals surface area contributed by atoms with E-state index in [1.54, 1.807) is 0 Å². The second-order valence-electron chi connectivity index (χ2n) is 19.5. The van der Waals surface area contributed by atoms with Crippen LogP contribution in [-0.4, -0.2) is 4.40 Å². The van der Waals surface area contributed by atoms with Gasteiger partial charge in [-0.2, -0.15) is 10.5 Å². The molecule has 0 fully saturated rings. The molecule has 0 amide bonds. The fraction of sp³-hybridized carbons (Fsp3) is 0.115. The largest absolute Gasteiger partial charge is 0.308 e. The molecule has 0 N–H and O–H groups in total. The van der Waals surface area contributed by atoms with Gasteiger partial charge in [0.25, 0.3) is 0 Å². The lowest BCUT2D eigenvalue weighted by atomic mass is 9.59. The van der Waals surface area contributed by atoms with E-state index in [-0.39, 0.29) is 29.1 Å². The van der Waals surface area contributed by atoms with Crippen molar-refractivity contribution in [2.75, 3.05) is 0 Å². The zero-order valence-electron chi connectivity index (χ0n) is 35.1. The van der Waals surface area contributed by atoms with Crippen LogP contribution in [0.15, 0.2) is 152 Å². The van der Waals surface area contributed by atoms with E-state index >= 15 is 0 Å². The predicted molar refractivity (Wildman–Crippen MR) is 255 cm³/mol. The minimum absolute atomic E-state index is 0.0195. The van der Waals surface area contributed by atoms with Gasteiger partial charge in [0.1, 0.15) is 0 Å². The summed E-state index contributed by atoms with van der Waals surface area (Å²) in [5, 5.41) is 30.2. The van der Waals surface area contributed by atoms with E-state index in [1.165, 1.54) is 116 Å². The van der Waals surface area contributed by atoms with Crippen LogP contribution >= 0.6 is 0 Å². The first-order valence-corrected chi connectivity index (χ1v) is 22.6. The summed E-state index contributed by atoms with van der Waals surface area (Å²) in [5.74, 6) is -0.132. The van der Waals surface area contributed by atoms with Crippen molar-refractivity contribution >= 4 is 48.9 Å². The lowest BCUT2D eigenvalue weighted by molar-refractivity contribution is 0.667. The molecule has 4 bridgehead atoms. The van der Waals surface area contributed by atoms with Crippen LogP contribution in [0.5, 0.6) is 0 Å². The lowest BCUT2D eigenvalue weighted by Gasteiger charge is -2.43. The Labute approximate surface area is 369 Å². The molecule has 294 valence electrons. The van der Waals surface area contributed by atoms with Gasteiger partial charge in [0.15, 0.2) is 0 Å². The monoisotopic (exact) mass is 809 g/mol. The van der Waals surface area contributed by atoms with E-state index in [9.17, 15) is 10.5 Å². The molecule has 9 aromatic carbocycles. The topological polar surface area (TPSA) is 52.0 Å². The Morgan fingerprint density at radius 2 is 0.891 bits per heavy atom. The highest BCUT2D eigenvalue weighted by Crippen LogP contribution is 2.65. The van der Waals surface area contributed by atoms with Crippen LogP contribution in [0.2, 0.25) is 0 Å². The van der Waals surface area contributed by atoms with E-state index in [0.29, 0.717) is 0 Å². The standard InChI is InChI=1S/C61H35N3/c1-61(2)44-27-43-54-45(25-31(28-62)47-49-34-15-5-9-19-38(34)51(56(47)54)39-20-10-6-16-35(39)49)64-46-26-32(29-63)48-50-36-17-7-11-21-40(36)52(41-22-12-8-18-37(41)50)57(48)55(46)58(60(43)64)53(44)42-24-23-30-13-3-4-14-33(30)59(42)61/h3-27,49-52H,1-2H3. The fourth-order valence-electron chi connectivity index (χ4n) is 14.5. The molecule has 0 spiro atoms. The average Bonchev–Trinajstić information content (AvgIpc) is 3.94. The van der Waals surface area contributed by atoms with Crippen LogP contribution in [0, 0.1) is 22.7 Å². The van der Waals surface area contributed by atoms with Gasteiger partial charge in [0.2, 0.25) is 0 Å². The Balaban J connectivity index is 1.16. The highest BCUT2D eigenvalue weighted by atomic mass is 14.9. The number of nitriles is 2. The normalized spacial score (nSPS) is 19.5. The van der Waals surface area contributed by atoms with Crippen molar-refractivity contribution in [1.82, 2.24) is 4.40 Å². The first kappa shape index (κ1) is 33.6. The molecule has 0 atom stereocenters. The third kappa shape index (κ3) is 3.51. The van der Waals surface area contributed by atoms with Crippen LogP contribution in [0.4, 0.5) is 0 Å². The quantitative estimate of drug-likeness (QED) is 0.153. The molecule has 2 aromatic heterocycles. The van der Waals surface area contributed by atoms with Crippen molar-refractivity contribution < 1.29 is 0 Å². The zero-order chi connectivity index (χ0) is 42.1.